The standard InChI is InChI=1S/C12H15NO/c1-9(11(3)14)10(2)13-12-7-5-4-6-8-12/h4-8,10,13H,1H2,2-3H3. The van der Waals surface area contributed by atoms with Crippen molar-refractivity contribution in [2.45, 2.75) is 19.9 Å². The van der Waals surface area contributed by atoms with Crippen molar-refractivity contribution < 1.29 is 4.79 Å². The molecule has 1 atom stereocenters. The number of anilines is 1. The smallest absolute Gasteiger partial charge is 0.157 e. The van der Waals surface area contributed by atoms with E-state index in [4.69, 9.17) is 0 Å². The average molecular weight is 189 g/mol. The molecule has 0 heterocycles. The Morgan fingerprint density at radius 3 is 2.43 bits per heavy atom. The molecule has 0 aliphatic heterocycles. The van der Waals surface area contributed by atoms with E-state index in [0.717, 1.165) is 5.69 Å². The number of rotatable bonds is 4. The van der Waals surface area contributed by atoms with E-state index < -0.39 is 0 Å². The Balaban J connectivity index is 2.62. The molecule has 0 aliphatic rings. The van der Waals surface area contributed by atoms with Gasteiger partial charge < -0.3 is 5.32 Å². The lowest BCUT2D eigenvalue weighted by atomic mass is 10.1. The molecular weight excluding hydrogens is 174 g/mol. The fourth-order valence-corrected chi connectivity index (χ4v) is 1.18. The first-order valence-corrected chi connectivity index (χ1v) is 4.62. The van der Waals surface area contributed by atoms with Gasteiger partial charge in [0.05, 0.1) is 6.04 Å². The number of hydrogen-bond donors (Lipinski definition) is 1. The van der Waals surface area contributed by atoms with Crippen molar-refractivity contribution in [2.24, 2.45) is 0 Å². The quantitative estimate of drug-likeness (QED) is 0.738. The van der Waals surface area contributed by atoms with Crippen LogP contribution in [0.15, 0.2) is 42.5 Å². The average Bonchev–Trinajstić information content (AvgIpc) is 2.18. The molecule has 74 valence electrons. The highest BCUT2D eigenvalue weighted by Crippen LogP contribution is 2.11. The van der Waals surface area contributed by atoms with Crippen LogP contribution < -0.4 is 5.32 Å². The predicted octanol–water partition coefficient (Wildman–Crippen LogP) is 2.63. The van der Waals surface area contributed by atoms with Gasteiger partial charge in [0.2, 0.25) is 0 Å². The van der Waals surface area contributed by atoms with Gasteiger partial charge in [0.1, 0.15) is 0 Å². The number of nitrogens with one attached hydrogen (secondary N) is 1. The summed E-state index contributed by atoms with van der Waals surface area (Å²) in [7, 11) is 0. The van der Waals surface area contributed by atoms with Crippen molar-refractivity contribution >= 4 is 11.5 Å². The molecule has 0 amide bonds. The van der Waals surface area contributed by atoms with Crippen molar-refractivity contribution in [1.82, 2.24) is 0 Å². The van der Waals surface area contributed by atoms with Crippen LogP contribution in [-0.2, 0) is 4.79 Å². The Morgan fingerprint density at radius 2 is 1.93 bits per heavy atom. The summed E-state index contributed by atoms with van der Waals surface area (Å²) in [4.78, 5) is 11.0. The van der Waals surface area contributed by atoms with Crippen molar-refractivity contribution in [1.29, 1.82) is 0 Å². The Bertz CT molecular complexity index is 329. The Labute approximate surface area is 84.6 Å². The number of carbonyl (C=O) groups excluding carboxylic acids is 1. The molecule has 2 nitrogen and oxygen atoms in total. The minimum absolute atomic E-state index is 0.0186. The summed E-state index contributed by atoms with van der Waals surface area (Å²) >= 11 is 0. The van der Waals surface area contributed by atoms with Crippen LogP contribution >= 0.6 is 0 Å². The van der Waals surface area contributed by atoms with E-state index in [-0.39, 0.29) is 11.8 Å². The third-order valence-corrected chi connectivity index (χ3v) is 2.13. The SMILES string of the molecule is C=C(C(C)=O)C(C)Nc1ccccc1. The number of Topliss-reactive ketones (excluding diaryl/α,β-unsaturated/α-hetero) is 1. The van der Waals surface area contributed by atoms with Gasteiger partial charge in [-0.25, -0.2) is 0 Å². The lowest BCUT2D eigenvalue weighted by Gasteiger charge is -2.15. The van der Waals surface area contributed by atoms with Crippen molar-refractivity contribution in [3.8, 4) is 0 Å². The lowest BCUT2D eigenvalue weighted by Crippen LogP contribution is -2.21. The second-order valence-corrected chi connectivity index (χ2v) is 3.31. The summed E-state index contributed by atoms with van der Waals surface area (Å²) in [6.45, 7) is 7.20. The maximum absolute atomic E-state index is 11.0. The topological polar surface area (TPSA) is 29.1 Å². The van der Waals surface area contributed by atoms with Crippen LogP contribution in [0, 0.1) is 0 Å². The molecule has 0 saturated carbocycles. The van der Waals surface area contributed by atoms with Crippen LogP contribution in [-0.4, -0.2) is 11.8 Å². The predicted molar refractivity (Wildman–Crippen MR) is 59.3 cm³/mol. The summed E-state index contributed by atoms with van der Waals surface area (Å²) < 4.78 is 0. The molecule has 0 fully saturated rings. The number of benzene rings is 1. The maximum Gasteiger partial charge on any atom is 0.157 e. The molecule has 1 rings (SSSR count). The van der Waals surface area contributed by atoms with E-state index in [1.807, 2.05) is 37.3 Å². The van der Waals surface area contributed by atoms with Crippen LogP contribution in [0.3, 0.4) is 0 Å². The molecule has 1 aromatic carbocycles. The van der Waals surface area contributed by atoms with Crippen molar-refractivity contribution in [3.63, 3.8) is 0 Å². The minimum atomic E-state index is -0.0186. The third kappa shape index (κ3) is 2.73. The zero-order chi connectivity index (χ0) is 10.6. The van der Waals surface area contributed by atoms with Gasteiger partial charge in [-0.3, -0.25) is 4.79 Å². The molecule has 0 bridgehead atoms. The number of carbonyl (C=O) groups is 1. The molecule has 1 unspecified atom stereocenters. The van der Waals surface area contributed by atoms with E-state index in [9.17, 15) is 4.79 Å². The van der Waals surface area contributed by atoms with Gasteiger partial charge in [-0.05, 0) is 26.0 Å². The molecule has 0 saturated heterocycles. The molecule has 1 aromatic rings. The monoisotopic (exact) mass is 189 g/mol. The molecule has 2 heteroatoms. The van der Waals surface area contributed by atoms with Gasteiger partial charge in [-0.1, -0.05) is 24.8 Å². The fraction of sp³-hybridized carbons (Fsp3) is 0.250. The molecule has 0 aliphatic carbocycles. The summed E-state index contributed by atoms with van der Waals surface area (Å²) in [6, 6.07) is 9.76. The first-order valence-electron chi connectivity index (χ1n) is 4.62. The Morgan fingerprint density at radius 1 is 1.36 bits per heavy atom. The van der Waals surface area contributed by atoms with Crippen LogP contribution in [0.4, 0.5) is 5.69 Å². The van der Waals surface area contributed by atoms with E-state index in [1.54, 1.807) is 0 Å². The van der Waals surface area contributed by atoms with Crippen molar-refractivity contribution in [3.05, 3.63) is 42.5 Å². The normalized spacial score (nSPS) is 11.9. The Kier molecular flexibility index (Phi) is 3.46. The summed E-state index contributed by atoms with van der Waals surface area (Å²) in [5, 5.41) is 3.20. The summed E-state index contributed by atoms with van der Waals surface area (Å²) in [5.41, 5.74) is 1.61. The van der Waals surface area contributed by atoms with Gasteiger partial charge in [0.25, 0.3) is 0 Å². The minimum Gasteiger partial charge on any atom is -0.378 e. The fourth-order valence-electron chi connectivity index (χ4n) is 1.18. The largest absolute Gasteiger partial charge is 0.378 e. The maximum atomic E-state index is 11.0. The van der Waals surface area contributed by atoms with Crippen LogP contribution in [0.2, 0.25) is 0 Å². The molecular formula is C12H15NO. The van der Waals surface area contributed by atoms with Crippen LogP contribution in [0.1, 0.15) is 13.8 Å². The van der Waals surface area contributed by atoms with Gasteiger partial charge in [-0.2, -0.15) is 0 Å². The Hall–Kier alpha value is -1.57. The second kappa shape index (κ2) is 4.61. The number of para-hydroxylation sites is 1. The summed E-state index contributed by atoms with van der Waals surface area (Å²) in [6.07, 6.45) is 0. The molecule has 14 heavy (non-hydrogen) atoms. The molecule has 0 aromatic heterocycles. The van der Waals surface area contributed by atoms with Gasteiger partial charge in [-0.15, -0.1) is 0 Å². The van der Waals surface area contributed by atoms with E-state index in [2.05, 4.69) is 11.9 Å². The van der Waals surface area contributed by atoms with Gasteiger partial charge >= 0.3 is 0 Å². The van der Waals surface area contributed by atoms with E-state index in [1.165, 1.54) is 6.92 Å². The highest BCUT2D eigenvalue weighted by molar-refractivity contribution is 5.94. The molecule has 0 radical (unpaired) electrons. The first-order chi connectivity index (χ1) is 6.61. The van der Waals surface area contributed by atoms with E-state index >= 15 is 0 Å². The van der Waals surface area contributed by atoms with Crippen LogP contribution in [0.5, 0.6) is 0 Å². The number of ketones is 1. The highest BCUT2D eigenvalue weighted by Gasteiger charge is 2.09. The number of hydrogen-bond acceptors (Lipinski definition) is 2. The first kappa shape index (κ1) is 10.5. The van der Waals surface area contributed by atoms with Crippen LogP contribution in [0.25, 0.3) is 0 Å². The third-order valence-electron chi connectivity index (χ3n) is 2.13. The lowest BCUT2D eigenvalue weighted by molar-refractivity contribution is -0.113. The second-order valence-electron chi connectivity index (χ2n) is 3.31. The molecule has 1 N–H and O–H groups in total. The molecule has 0 spiro atoms. The zero-order valence-corrected chi connectivity index (χ0v) is 8.58. The highest BCUT2D eigenvalue weighted by atomic mass is 16.1. The van der Waals surface area contributed by atoms with E-state index in [0.29, 0.717) is 5.57 Å². The van der Waals surface area contributed by atoms with Gasteiger partial charge in [0, 0.05) is 11.3 Å². The summed E-state index contributed by atoms with van der Waals surface area (Å²) in [5.74, 6) is 0.0286. The zero-order valence-electron chi connectivity index (χ0n) is 8.58. The van der Waals surface area contributed by atoms with Gasteiger partial charge in [0.15, 0.2) is 5.78 Å². The van der Waals surface area contributed by atoms with Crippen molar-refractivity contribution in [2.75, 3.05) is 5.32 Å².